The Balaban J connectivity index is 2.26. The van der Waals surface area contributed by atoms with Gasteiger partial charge in [-0.1, -0.05) is 13.8 Å². The summed E-state index contributed by atoms with van der Waals surface area (Å²) < 4.78 is 0. The zero-order chi connectivity index (χ0) is 8.97. The van der Waals surface area contributed by atoms with Crippen LogP contribution in [0.5, 0.6) is 0 Å². The highest BCUT2D eigenvalue weighted by atomic mass is 14.3. The minimum atomic E-state index is 0.713. The molecule has 0 aromatic carbocycles. The van der Waals surface area contributed by atoms with Gasteiger partial charge in [0, 0.05) is 6.42 Å². The Hall–Kier alpha value is -0.510. The van der Waals surface area contributed by atoms with E-state index in [4.69, 9.17) is 5.26 Å². The Morgan fingerprint density at radius 3 is 2.25 bits per heavy atom. The molecule has 0 aromatic rings. The van der Waals surface area contributed by atoms with Crippen molar-refractivity contribution in [1.82, 2.24) is 0 Å². The summed E-state index contributed by atoms with van der Waals surface area (Å²) >= 11 is 0. The summed E-state index contributed by atoms with van der Waals surface area (Å²) in [6.45, 7) is 4.63. The molecule has 0 radical (unpaired) electrons. The highest BCUT2D eigenvalue weighted by Crippen LogP contribution is 2.34. The zero-order valence-corrected chi connectivity index (χ0v) is 8.21. The molecule has 1 nitrogen and oxygen atoms in total. The summed E-state index contributed by atoms with van der Waals surface area (Å²) in [4.78, 5) is 0. The molecule has 0 bridgehead atoms. The standard InChI is InChI=1S/C11H19N/c1-9(2)11-5-3-10(4-6-11)7-8-12/h9-11H,3-7H2,1-2H3. The monoisotopic (exact) mass is 165 g/mol. The molecule has 0 unspecified atom stereocenters. The Kier molecular flexibility index (Phi) is 3.59. The molecule has 0 spiro atoms. The third-order valence-electron chi connectivity index (χ3n) is 3.21. The fourth-order valence-corrected chi connectivity index (χ4v) is 2.19. The molecule has 0 aliphatic heterocycles. The lowest BCUT2D eigenvalue weighted by Gasteiger charge is -2.29. The van der Waals surface area contributed by atoms with Gasteiger partial charge in [0.05, 0.1) is 6.07 Å². The summed E-state index contributed by atoms with van der Waals surface area (Å²) in [5, 5.41) is 8.54. The summed E-state index contributed by atoms with van der Waals surface area (Å²) in [6, 6.07) is 2.28. The zero-order valence-electron chi connectivity index (χ0n) is 8.21. The van der Waals surface area contributed by atoms with Gasteiger partial charge in [-0.05, 0) is 43.4 Å². The lowest BCUT2D eigenvalue weighted by molar-refractivity contribution is 0.226. The van der Waals surface area contributed by atoms with Crippen molar-refractivity contribution in [2.45, 2.75) is 46.0 Å². The van der Waals surface area contributed by atoms with Gasteiger partial charge >= 0.3 is 0 Å². The second-order valence-electron chi connectivity index (χ2n) is 4.39. The SMILES string of the molecule is CC(C)C1CCC(CC#N)CC1. The van der Waals surface area contributed by atoms with Gasteiger partial charge in [0.25, 0.3) is 0 Å². The predicted octanol–water partition coefficient (Wildman–Crippen LogP) is 3.36. The number of nitrogens with zero attached hydrogens (tertiary/aromatic N) is 1. The van der Waals surface area contributed by atoms with E-state index in [1.165, 1.54) is 25.7 Å². The van der Waals surface area contributed by atoms with Crippen molar-refractivity contribution in [3.05, 3.63) is 0 Å². The van der Waals surface area contributed by atoms with Gasteiger partial charge in [0.15, 0.2) is 0 Å². The van der Waals surface area contributed by atoms with Crippen LogP contribution in [0, 0.1) is 29.1 Å². The van der Waals surface area contributed by atoms with Crippen LogP contribution in [-0.4, -0.2) is 0 Å². The molecule has 1 fully saturated rings. The number of nitriles is 1. The average Bonchev–Trinajstić information content (AvgIpc) is 2.06. The first-order valence-electron chi connectivity index (χ1n) is 5.11. The van der Waals surface area contributed by atoms with E-state index in [0.29, 0.717) is 5.92 Å². The smallest absolute Gasteiger partial charge is 0.0624 e. The van der Waals surface area contributed by atoms with Crippen LogP contribution < -0.4 is 0 Å². The van der Waals surface area contributed by atoms with Crippen molar-refractivity contribution in [2.75, 3.05) is 0 Å². The third-order valence-corrected chi connectivity index (χ3v) is 3.21. The van der Waals surface area contributed by atoms with Crippen molar-refractivity contribution in [3.63, 3.8) is 0 Å². The largest absolute Gasteiger partial charge is 0.198 e. The fourth-order valence-electron chi connectivity index (χ4n) is 2.19. The molecule has 0 atom stereocenters. The summed E-state index contributed by atoms with van der Waals surface area (Å²) in [5.74, 6) is 2.48. The Morgan fingerprint density at radius 1 is 1.25 bits per heavy atom. The van der Waals surface area contributed by atoms with Gasteiger partial charge in [-0.15, -0.1) is 0 Å². The molecule has 1 heteroatoms. The molecule has 68 valence electrons. The molecule has 1 rings (SSSR count). The van der Waals surface area contributed by atoms with E-state index in [9.17, 15) is 0 Å². The van der Waals surface area contributed by atoms with Gasteiger partial charge in [-0.2, -0.15) is 5.26 Å². The van der Waals surface area contributed by atoms with E-state index in [1.807, 2.05) is 0 Å². The van der Waals surface area contributed by atoms with Crippen LogP contribution in [0.1, 0.15) is 46.0 Å². The maximum Gasteiger partial charge on any atom is 0.0624 e. The first-order chi connectivity index (χ1) is 5.74. The summed E-state index contributed by atoms with van der Waals surface area (Å²) in [5.41, 5.74) is 0. The van der Waals surface area contributed by atoms with Crippen LogP contribution in [-0.2, 0) is 0 Å². The van der Waals surface area contributed by atoms with Crippen LogP contribution in [0.3, 0.4) is 0 Å². The molecular formula is C11H19N. The molecule has 12 heavy (non-hydrogen) atoms. The lowest BCUT2D eigenvalue weighted by Crippen LogP contribution is -2.18. The first kappa shape index (κ1) is 9.58. The van der Waals surface area contributed by atoms with Gasteiger partial charge in [0.1, 0.15) is 0 Å². The maximum absolute atomic E-state index is 8.54. The second-order valence-corrected chi connectivity index (χ2v) is 4.39. The van der Waals surface area contributed by atoms with Gasteiger partial charge in [0.2, 0.25) is 0 Å². The van der Waals surface area contributed by atoms with Crippen LogP contribution in [0.15, 0.2) is 0 Å². The topological polar surface area (TPSA) is 23.8 Å². The predicted molar refractivity (Wildman–Crippen MR) is 50.5 cm³/mol. The minimum Gasteiger partial charge on any atom is -0.198 e. The van der Waals surface area contributed by atoms with E-state index >= 15 is 0 Å². The van der Waals surface area contributed by atoms with Crippen molar-refractivity contribution in [1.29, 1.82) is 5.26 Å². The van der Waals surface area contributed by atoms with Crippen LogP contribution in [0.25, 0.3) is 0 Å². The van der Waals surface area contributed by atoms with Crippen LogP contribution >= 0.6 is 0 Å². The number of hydrogen-bond donors (Lipinski definition) is 0. The highest BCUT2D eigenvalue weighted by Gasteiger charge is 2.22. The quantitative estimate of drug-likeness (QED) is 0.615. The molecule has 0 saturated heterocycles. The van der Waals surface area contributed by atoms with E-state index in [-0.39, 0.29) is 0 Å². The number of hydrogen-bond acceptors (Lipinski definition) is 1. The molecule has 0 amide bonds. The second kappa shape index (κ2) is 4.50. The highest BCUT2D eigenvalue weighted by molar-refractivity contribution is 4.81. The van der Waals surface area contributed by atoms with Crippen LogP contribution in [0.4, 0.5) is 0 Å². The van der Waals surface area contributed by atoms with Gasteiger partial charge < -0.3 is 0 Å². The number of rotatable bonds is 2. The van der Waals surface area contributed by atoms with Crippen molar-refractivity contribution < 1.29 is 0 Å². The van der Waals surface area contributed by atoms with Crippen molar-refractivity contribution in [3.8, 4) is 6.07 Å². The molecule has 1 saturated carbocycles. The summed E-state index contributed by atoms with van der Waals surface area (Å²) in [7, 11) is 0. The van der Waals surface area contributed by atoms with E-state index in [0.717, 1.165) is 18.3 Å². The summed E-state index contributed by atoms with van der Waals surface area (Å²) in [6.07, 6.45) is 6.06. The van der Waals surface area contributed by atoms with Gasteiger partial charge in [-0.25, -0.2) is 0 Å². The molecule has 1 aliphatic carbocycles. The molecule has 0 heterocycles. The average molecular weight is 165 g/mol. The van der Waals surface area contributed by atoms with E-state index in [2.05, 4.69) is 19.9 Å². The Labute approximate surface area is 75.8 Å². The normalized spacial score (nSPS) is 30.2. The van der Waals surface area contributed by atoms with E-state index in [1.54, 1.807) is 0 Å². The lowest BCUT2D eigenvalue weighted by atomic mass is 9.76. The third kappa shape index (κ3) is 2.52. The van der Waals surface area contributed by atoms with E-state index < -0.39 is 0 Å². The maximum atomic E-state index is 8.54. The Bertz CT molecular complexity index is 158. The first-order valence-corrected chi connectivity index (χ1v) is 5.11. The molecule has 1 aliphatic rings. The Morgan fingerprint density at radius 2 is 1.83 bits per heavy atom. The van der Waals surface area contributed by atoms with Crippen molar-refractivity contribution >= 4 is 0 Å². The van der Waals surface area contributed by atoms with Gasteiger partial charge in [-0.3, -0.25) is 0 Å². The molecular weight excluding hydrogens is 146 g/mol. The van der Waals surface area contributed by atoms with Crippen LogP contribution in [0.2, 0.25) is 0 Å². The van der Waals surface area contributed by atoms with Crippen molar-refractivity contribution in [2.24, 2.45) is 17.8 Å². The molecule has 0 aromatic heterocycles. The fraction of sp³-hybridized carbons (Fsp3) is 0.909. The molecule has 0 N–H and O–H groups in total. The minimum absolute atomic E-state index is 0.713.